The third-order valence-corrected chi connectivity index (χ3v) is 8.13. The van der Waals surface area contributed by atoms with Crippen molar-refractivity contribution in [1.82, 2.24) is 15.2 Å². The van der Waals surface area contributed by atoms with Crippen molar-refractivity contribution in [2.75, 3.05) is 31.6 Å². The second kappa shape index (κ2) is 12.8. The van der Waals surface area contributed by atoms with E-state index in [2.05, 4.69) is 56.0 Å². The Morgan fingerprint density at radius 3 is 2.50 bits per heavy atom. The van der Waals surface area contributed by atoms with E-state index < -0.39 is 0 Å². The van der Waals surface area contributed by atoms with Crippen molar-refractivity contribution in [2.45, 2.75) is 44.8 Å². The molecule has 1 N–H and O–H groups in total. The van der Waals surface area contributed by atoms with Crippen LogP contribution in [-0.4, -0.2) is 54.6 Å². The maximum absolute atomic E-state index is 12.5. The zero-order valence-corrected chi connectivity index (χ0v) is 23.0. The van der Waals surface area contributed by atoms with Crippen LogP contribution in [0.3, 0.4) is 0 Å². The number of carbonyl (C=O) groups excluding carboxylic acids is 1. The highest BCUT2D eigenvalue weighted by Crippen LogP contribution is 2.29. The van der Waals surface area contributed by atoms with E-state index in [1.807, 2.05) is 12.1 Å². The van der Waals surface area contributed by atoms with Crippen molar-refractivity contribution in [3.63, 3.8) is 0 Å². The molecule has 6 nitrogen and oxygen atoms in total. The third kappa shape index (κ3) is 6.71. The van der Waals surface area contributed by atoms with Crippen molar-refractivity contribution in [3.05, 3.63) is 74.7 Å². The number of amides is 1. The van der Waals surface area contributed by atoms with Gasteiger partial charge in [0.05, 0.1) is 22.7 Å². The molecular weight excluding hydrogens is 515 g/mol. The first-order valence-electron chi connectivity index (χ1n) is 12.2. The van der Waals surface area contributed by atoms with Gasteiger partial charge in [-0.05, 0) is 72.8 Å². The minimum atomic E-state index is -0.262. The molecule has 3 heterocycles. The van der Waals surface area contributed by atoms with E-state index in [-0.39, 0.29) is 21.5 Å². The van der Waals surface area contributed by atoms with Gasteiger partial charge in [-0.3, -0.25) is 9.78 Å². The van der Waals surface area contributed by atoms with Crippen LogP contribution in [0.1, 0.15) is 42.1 Å². The Morgan fingerprint density at radius 2 is 1.89 bits per heavy atom. The first kappa shape index (κ1) is 26.7. The number of nitrogens with zero attached hydrogens (tertiary/aromatic N) is 3. The summed E-state index contributed by atoms with van der Waals surface area (Å²) in [6, 6.07) is 11.4. The van der Waals surface area contributed by atoms with Crippen LogP contribution in [0.25, 0.3) is 0 Å². The number of aromatic nitrogens is 1. The van der Waals surface area contributed by atoms with Crippen LogP contribution in [-0.2, 0) is 6.54 Å². The summed E-state index contributed by atoms with van der Waals surface area (Å²) in [5, 5.41) is 7.85. The fourth-order valence-electron chi connectivity index (χ4n) is 4.72. The molecule has 0 radical (unpaired) electrons. The van der Waals surface area contributed by atoms with Gasteiger partial charge >= 0.3 is 0 Å². The Labute approximate surface area is 227 Å². The molecule has 1 aliphatic heterocycles. The number of rotatable bonds is 10. The number of hydrogen-bond donors (Lipinski definition) is 1. The van der Waals surface area contributed by atoms with Gasteiger partial charge in [0, 0.05) is 56.3 Å². The zero-order chi connectivity index (χ0) is 25.5. The summed E-state index contributed by atoms with van der Waals surface area (Å²) in [5.74, 6) is 0.611. The van der Waals surface area contributed by atoms with Gasteiger partial charge in [0.15, 0.2) is 0 Å². The van der Waals surface area contributed by atoms with Crippen LogP contribution in [0.4, 0.5) is 5.69 Å². The van der Waals surface area contributed by atoms with E-state index in [1.165, 1.54) is 23.6 Å². The molecule has 1 saturated heterocycles. The molecule has 192 valence electrons. The summed E-state index contributed by atoms with van der Waals surface area (Å²) in [7, 11) is 1.70. The number of thiophene rings is 1. The number of piperidine rings is 1. The summed E-state index contributed by atoms with van der Waals surface area (Å²) in [6.07, 6.45) is 5.91. The SMILES string of the molecule is COc1ccc(N(Cc2ccsc2)C2CCN([C@H](C)CCNC(=O)c3c(Cl)cncc3Cl)CC2)cc1. The lowest BCUT2D eigenvalue weighted by Gasteiger charge is -2.42. The van der Waals surface area contributed by atoms with Crippen molar-refractivity contribution in [2.24, 2.45) is 0 Å². The minimum Gasteiger partial charge on any atom is -0.497 e. The molecule has 0 aliphatic carbocycles. The van der Waals surface area contributed by atoms with Crippen LogP contribution in [0.15, 0.2) is 53.5 Å². The number of likely N-dealkylation sites (tertiary alicyclic amines) is 1. The van der Waals surface area contributed by atoms with Crippen LogP contribution >= 0.6 is 34.5 Å². The fraction of sp³-hybridized carbons (Fsp3) is 0.407. The number of methoxy groups -OCH3 is 1. The molecule has 36 heavy (non-hydrogen) atoms. The predicted octanol–water partition coefficient (Wildman–Crippen LogP) is 6.14. The number of nitrogens with one attached hydrogen (secondary N) is 1. The maximum atomic E-state index is 12.5. The molecule has 1 aromatic carbocycles. The largest absolute Gasteiger partial charge is 0.497 e. The molecule has 9 heteroatoms. The van der Waals surface area contributed by atoms with Crippen molar-refractivity contribution in [1.29, 1.82) is 0 Å². The molecule has 1 aliphatic rings. The lowest BCUT2D eigenvalue weighted by Crippen LogP contribution is -2.48. The van der Waals surface area contributed by atoms with Gasteiger partial charge in [-0.25, -0.2) is 0 Å². The lowest BCUT2D eigenvalue weighted by molar-refractivity contribution is 0.0945. The van der Waals surface area contributed by atoms with E-state index in [1.54, 1.807) is 18.4 Å². The summed E-state index contributed by atoms with van der Waals surface area (Å²) in [4.78, 5) is 21.5. The molecule has 1 atom stereocenters. The van der Waals surface area contributed by atoms with Crippen LogP contribution in [0.5, 0.6) is 5.75 Å². The molecule has 4 rings (SSSR count). The smallest absolute Gasteiger partial charge is 0.254 e. The van der Waals surface area contributed by atoms with Gasteiger partial charge in [0.1, 0.15) is 5.75 Å². The molecule has 0 bridgehead atoms. The number of halogens is 2. The average molecular weight is 548 g/mol. The van der Waals surface area contributed by atoms with Gasteiger partial charge in [-0.15, -0.1) is 0 Å². The van der Waals surface area contributed by atoms with Crippen molar-refractivity contribution in [3.8, 4) is 5.75 Å². The highest BCUT2D eigenvalue weighted by Gasteiger charge is 2.27. The topological polar surface area (TPSA) is 57.7 Å². The van der Waals surface area contributed by atoms with Gasteiger partial charge < -0.3 is 19.9 Å². The summed E-state index contributed by atoms with van der Waals surface area (Å²) < 4.78 is 5.36. The second-order valence-electron chi connectivity index (χ2n) is 9.10. The highest BCUT2D eigenvalue weighted by atomic mass is 35.5. The number of hydrogen-bond acceptors (Lipinski definition) is 6. The molecule has 0 spiro atoms. The van der Waals surface area contributed by atoms with E-state index in [0.29, 0.717) is 18.6 Å². The summed E-state index contributed by atoms with van der Waals surface area (Å²) in [6.45, 7) is 5.74. The standard InChI is InChI=1S/C27H32Cl2N4O2S/c1-19(7-11-31-27(34)26-24(28)15-30-16-25(26)29)32-12-8-22(9-13-32)33(17-20-10-14-36-18-20)21-3-5-23(35-2)6-4-21/h3-6,10,14-16,18-19,22H,7-9,11-13,17H2,1-2H3,(H,31,34)/t19-/m1/s1. The maximum Gasteiger partial charge on any atom is 0.254 e. The molecule has 0 saturated carbocycles. The van der Waals surface area contributed by atoms with Gasteiger partial charge in [-0.2, -0.15) is 11.3 Å². The number of carbonyl (C=O) groups is 1. The van der Waals surface area contributed by atoms with Crippen molar-refractivity contribution >= 4 is 46.1 Å². The highest BCUT2D eigenvalue weighted by molar-refractivity contribution is 7.07. The van der Waals surface area contributed by atoms with E-state index in [4.69, 9.17) is 27.9 Å². The number of pyridine rings is 1. The van der Waals surface area contributed by atoms with Gasteiger partial charge in [0.25, 0.3) is 5.91 Å². The average Bonchev–Trinajstić information content (AvgIpc) is 3.41. The summed E-state index contributed by atoms with van der Waals surface area (Å²) in [5.41, 5.74) is 2.85. The summed E-state index contributed by atoms with van der Waals surface area (Å²) >= 11 is 14.0. The molecule has 3 aromatic rings. The normalized spacial score (nSPS) is 15.4. The molecular formula is C27H32Cl2N4O2S. The van der Waals surface area contributed by atoms with Gasteiger partial charge in [0.2, 0.25) is 0 Å². The third-order valence-electron chi connectivity index (χ3n) is 6.83. The molecule has 2 aromatic heterocycles. The first-order chi connectivity index (χ1) is 17.5. The Bertz CT molecular complexity index is 1100. The number of ether oxygens (including phenoxy) is 1. The van der Waals surface area contributed by atoms with E-state index >= 15 is 0 Å². The zero-order valence-electron chi connectivity index (χ0n) is 20.6. The Balaban J connectivity index is 1.31. The second-order valence-corrected chi connectivity index (χ2v) is 10.7. The monoisotopic (exact) mass is 546 g/mol. The van der Waals surface area contributed by atoms with E-state index in [0.717, 1.165) is 44.6 Å². The Hall–Kier alpha value is -2.32. The lowest BCUT2D eigenvalue weighted by atomic mass is 9.99. The van der Waals surface area contributed by atoms with E-state index in [9.17, 15) is 4.79 Å². The molecule has 1 fully saturated rings. The molecule has 1 amide bonds. The first-order valence-corrected chi connectivity index (χ1v) is 13.9. The fourth-order valence-corrected chi connectivity index (χ4v) is 5.91. The van der Waals surface area contributed by atoms with Gasteiger partial charge in [-0.1, -0.05) is 23.2 Å². The van der Waals surface area contributed by atoms with Crippen LogP contribution < -0.4 is 15.0 Å². The minimum absolute atomic E-state index is 0.262. The molecule has 0 unspecified atom stereocenters. The number of anilines is 1. The number of benzene rings is 1. The Morgan fingerprint density at radius 1 is 1.19 bits per heavy atom. The van der Waals surface area contributed by atoms with Crippen LogP contribution in [0, 0.1) is 0 Å². The Kier molecular flexibility index (Phi) is 9.48. The quantitative estimate of drug-likeness (QED) is 0.331. The van der Waals surface area contributed by atoms with Crippen LogP contribution in [0.2, 0.25) is 10.0 Å². The predicted molar refractivity (Wildman–Crippen MR) is 149 cm³/mol. The van der Waals surface area contributed by atoms with Crippen molar-refractivity contribution < 1.29 is 9.53 Å².